The molecule has 210 valence electrons. The van der Waals surface area contributed by atoms with Gasteiger partial charge in [-0.2, -0.15) is 0 Å². The number of hydrogen-bond donors (Lipinski definition) is 2. The van der Waals surface area contributed by atoms with Crippen LogP contribution in [0.25, 0.3) is 5.57 Å². The molecule has 2 N–H and O–H groups in total. The molecule has 0 radical (unpaired) electrons. The highest BCUT2D eigenvalue weighted by Crippen LogP contribution is 2.35. The zero-order valence-electron chi connectivity index (χ0n) is 21.9. The second-order valence-corrected chi connectivity index (χ2v) is 11.1. The second kappa shape index (κ2) is 13.3. The average Bonchev–Trinajstić information content (AvgIpc) is 3.80. The third-order valence-corrected chi connectivity index (χ3v) is 7.89. The van der Waals surface area contributed by atoms with E-state index in [1.54, 1.807) is 18.2 Å². The van der Waals surface area contributed by atoms with Crippen molar-refractivity contribution in [2.75, 3.05) is 26.4 Å². The van der Waals surface area contributed by atoms with E-state index in [4.69, 9.17) is 44.3 Å². The first-order chi connectivity index (χ1) is 19.4. The maximum absolute atomic E-state index is 14.1. The van der Waals surface area contributed by atoms with E-state index in [1.807, 2.05) is 53.4 Å². The first-order valence-electron chi connectivity index (χ1n) is 13.4. The number of carbonyl (C=O) groups excluding carboxylic acids is 1. The molecule has 1 fully saturated rings. The number of nitrogens with zero attached hydrogens (tertiary/aromatic N) is 1. The second-order valence-electron chi connectivity index (χ2n) is 9.90. The quantitative estimate of drug-likeness (QED) is 0.249. The number of para-hydroxylation sites is 1. The molecule has 1 heterocycles. The standard InChI is InChI=1S/C31H31Cl3N2O4/c32-22-4-1-3-20(17-22)18-36(23-9-10-23)31(38)29-25(13-14-35-28(29)19-37)21-7-11-24(12-8-21)39-15-16-40-30-26(33)5-2-6-27(30)34/h1-8,11-12,17,23,28,35,37H,9-10,13-16,18-19H2. The van der Waals surface area contributed by atoms with Gasteiger partial charge < -0.3 is 24.8 Å². The van der Waals surface area contributed by atoms with E-state index in [1.165, 1.54) is 0 Å². The van der Waals surface area contributed by atoms with Gasteiger partial charge in [-0.1, -0.05) is 65.1 Å². The van der Waals surface area contributed by atoms with Gasteiger partial charge in [0.25, 0.3) is 5.91 Å². The van der Waals surface area contributed by atoms with Gasteiger partial charge in [0.2, 0.25) is 0 Å². The molecule has 0 saturated heterocycles. The molecule has 5 rings (SSSR count). The smallest absolute Gasteiger partial charge is 0.252 e. The minimum atomic E-state index is -0.429. The van der Waals surface area contributed by atoms with Crippen molar-refractivity contribution in [2.45, 2.75) is 37.9 Å². The van der Waals surface area contributed by atoms with Crippen LogP contribution in [0.3, 0.4) is 0 Å². The largest absolute Gasteiger partial charge is 0.490 e. The highest BCUT2D eigenvalue weighted by Gasteiger charge is 2.38. The predicted octanol–water partition coefficient (Wildman–Crippen LogP) is 6.40. The van der Waals surface area contributed by atoms with Crippen LogP contribution < -0.4 is 14.8 Å². The molecule has 40 heavy (non-hydrogen) atoms. The van der Waals surface area contributed by atoms with Crippen LogP contribution in [0.5, 0.6) is 11.5 Å². The normalized spacial score (nSPS) is 17.1. The zero-order chi connectivity index (χ0) is 28.1. The van der Waals surface area contributed by atoms with Gasteiger partial charge >= 0.3 is 0 Å². The van der Waals surface area contributed by atoms with E-state index in [0.29, 0.717) is 58.3 Å². The molecular weight excluding hydrogens is 571 g/mol. The Kier molecular flexibility index (Phi) is 9.56. The van der Waals surface area contributed by atoms with Gasteiger partial charge in [-0.3, -0.25) is 4.79 Å². The lowest BCUT2D eigenvalue weighted by atomic mass is 9.88. The number of aliphatic hydroxyl groups excluding tert-OH is 1. The van der Waals surface area contributed by atoms with Gasteiger partial charge in [0, 0.05) is 23.2 Å². The van der Waals surface area contributed by atoms with Gasteiger partial charge in [-0.05, 0) is 78.9 Å². The summed E-state index contributed by atoms with van der Waals surface area (Å²) in [4.78, 5) is 16.0. The third-order valence-electron chi connectivity index (χ3n) is 7.06. The van der Waals surface area contributed by atoms with Crippen LogP contribution in [0.4, 0.5) is 0 Å². The van der Waals surface area contributed by atoms with Gasteiger partial charge in [0.15, 0.2) is 5.75 Å². The van der Waals surface area contributed by atoms with E-state index in [-0.39, 0.29) is 25.2 Å². The van der Waals surface area contributed by atoms with Gasteiger partial charge in [0.1, 0.15) is 19.0 Å². The molecule has 1 unspecified atom stereocenters. The molecule has 0 bridgehead atoms. The van der Waals surface area contributed by atoms with Crippen molar-refractivity contribution in [3.05, 3.63) is 98.5 Å². The molecular formula is C31H31Cl3N2O4. The molecule has 2 aliphatic rings. The Morgan fingerprint density at radius 1 is 0.950 bits per heavy atom. The van der Waals surface area contributed by atoms with Crippen molar-refractivity contribution >= 4 is 46.3 Å². The van der Waals surface area contributed by atoms with Gasteiger partial charge in [-0.15, -0.1) is 0 Å². The number of rotatable bonds is 11. The van der Waals surface area contributed by atoms with E-state index in [9.17, 15) is 9.90 Å². The maximum atomic E-state index is 14.1. The number of ether oxygens (including phenoxy) is 2. The number of halogens is 3. The highest BCUT2D eigenvalue weighted by atomic mass is 35.5. The van der Waals surface area contributed by atoms with Crippen LogP contribution in [0, 0.1) is 0 Å². The Morgan fingerprint density at radius 2 is 1.65 bits per heavy atom. The molecule has 1 saturated carbocycles. The fourth-order valence-electron chi connectivity index (χ4n) is 4.97. The van der Waals surface area contributed by atoms with E-state index in [0.717, 1.165) is 29.5 Å². The highest BCUT2D eigenvalue weighted by molar-refractivity contribution is 6.37. The third kappa shape index (κ3) is 6.93. The van der Waals surface area contributed by atoms with Crippen LogP contribution in [0.2, 0.25) is 15.1 Å². The minimum Gasteiger partial charge on any atom is -0.490 e. The molecule has 3 aromatic carbocycles. The Balaban J connectivity index is 1.31. The van der Waals surface area contributed by atoms with Crippen molar-refractivity contribution in [1.29, 1.82) is 0 Å². The van der Waals surface area contributed by atoms with Crippen LogP contribution in [0.15, 0.2) is 72.3 Å². The lowest BCUT2D eigenvalue weighted by molar-refractivity contribution is -0.128. The summed E-state index contributed by atoms with van der Waals surface area (Å²) in [6.07, 6.45) is 2.63. The van der Waals surface area contributed by atoms with Crippen molar-refractivity contribution in [3.8, 4) is 11.5 Å². The fraction of sp³-hybridized carbons (Fsp3) is 0.323. The zero-order valence-corrected chi connectivity index (χ0v) is 24.2. The summed E-state index contributed by atoms with van der Waals surface area (Å²) in [5.74, 6) is 1.08. The molecule has 1 amide bonds. The summed E-state index contributed by atoms with van der Waals surface area (Å²) in [5, 5.41) is 15.1. The first kappa shape index (κ1) is 28.8. The Bertz CT molecular complexity index is 1350. The van der Waals surface area contributed by atoms with Crippen molar-refractivity contribution in [1.82, 2.24) is 10.2 Å². The fourth-order valence-corrected chi connectivity index (χ4v) is 5.69. The number of nitrogens with one attached hydrogen (secondary N) is 1. The SMILES string of the molecule is O=C(C1=C(c2ccc(OCCOc3c(Cl)cccc3Cl)cc2)CCNC1CO)N(Cc1cccc(Cl)c1)C1CC1. The predicted molar refractivity (Wildman–Crippen MR) is 159 cm³/mol. The monoisotopic (exact) mass is 600 g/mol. The van der Waals surface area contributed by atoms with E-state index >= 15 is 0 Å². The van der Waals surface area contributed by atoms with Crippen molar-refractivity contribution < 1.29 is 19.4 Å². The number of aliphatic hydroxyl groups is 1. The summed E-state index contributed by atoms with van der Waals surface area (Å²) >= 11 is 18.5. The average molecular weight is 602 g/mol. The number of hydrogen-bond acceptors (Lipinski definition) is 5. The Hall–Kier alpha value is -2.74. The summed E-state index contributed by atoms with van der Waals surface area (Å²) in [6.45, 7) is 1.59. The van der Waals surface area contributed by atoms with Crippen LogP contribution in [-0.2, 0) is 11.3 Å². The maximum Gasteiger partial charge on any atom is 0.252 e. The summed E-state index contributed by atoms with van der Waals surface area (Å²) in [6, 6.07) is 20.3. The van der Waals surface area contributed by atoms with E-state index in [2.05, 4.69) is 5.32 Å². The topological polar surface area (TPSA) is 71.0 Å². The number of amides is 1. The summed E-state index contributed by atoms with van der Waals surface area (Å²) < 4.78 is 11.5. The van der Waals surface area contributed by atoms with Crippen LogP contribution in [0.1, 0.15) is 30.4 Å². The summed E-state index contributed by atoms with van der Waals surface area (Å²) in [7, 11) is 0. The van der Waals surface area contributed by atoms with Gasteiger partial charge in [-0.25, -0.2) is 0 Å². The molecule has 1 atom stereocenters. The van der Waals surface area contributed by atoms with Crippen LogP contribution >= 0.6 is 34.8 Å². The Labute approximate surface area is 249 Å². The molecule has 3 aromatic rings. The first-order valence-corrected chi connectivity index (χ1v) is 14.5. The molecule has 9 heteroatoms. The van der Waals surface area contributed by atoms with Crippen molar-refractivity contribution in [3.63, 3.8) is 0 Å². The molecule has 0 aromatic heterocycles. The minimum absolute atomic E-state index is 0.0422. The van der Waals surface area contributed by atoms with E-state index < -0.39 is 6.04 Å². The van der Waals surface area contributed by atoms with Crippen molar-refractivity contribution in [2.24, 2.45) is 0 Å². The number of benzene rings is 3. The lowest BCUT2D eigenvalue weighted by Crippen LogP contribution is -2.46. The summed E-state index contributed by atoms with van der Waals surface area (Å²) in [5.41, 5.74) is 3.50. The number of carbonyl (C=O) groups is 1. The van der Waals surface area contributed by atoms with Crippen LogP contribution in [-0.4, -0.2) is 54.4 Å². The molecule has 0 spiro atoms. The Morgan fingerprint density at radius 3 is 2.33 bits per heavy atom. The lowest BCUT2D eigenvalue weighted by Gasteiger charge is -2.32. The molecule has 1 aliphatic carbocycles. The molecule has 1 aliphatic heterocycles. The van der Waals surface area contributed by atoms with Gasteiger partial charge in [0.05, 0.1) is 22.7 Å². The molecule has 6 nitrogen and oxygen atoms in total.